The number of ether oxygens (including phenoxy) is 2. The number of carbonyl (C=O) groups is 1. The van der Waals surface area contributed by atoms with Crippen LogP contribution in [0.4, 0.5) is 13.2 Å². The van der Waals surface area contributed by atoms with Gasteiger partial charge in [0, 0.05) is 5.56 Å². The fourth-order valence-corrected chi connectivity index (χ4v) is 1.82. The number of methoxy groups -OCH3 is 1. The highest BCUT2D eigenvalue weighted by Gasteiger charge is 2.33. The average molecular weight is 375 g/mol. The van der Waals surface area contributed by atoms with E-state index < -0.39 is 18.2 Å². The number of nitrogens with zero attached hydrogens (tertiary/aromatic N) is 1. The fourth-order valence-electron chi connectivity index (χ4n) is 1.22. The zero-order valence-electron chi connectivity index (χ0n) is 9.47. The molecule has 0 aromatic carbocycles. The maximum Gasteiger partial charge on any atom is 0.574 e. The maximum absolute atomic E-state index is 12.2. The number of hydrogen-bond donors (Lipinski definition) is 0. The van der Waals surface area contributed by atoms with Crippen LogP contribution in [-0.2, 0) is 16.0 Å². The Kier molecular flexibility index (Phi) is 4.77. The smallest absolute Gasteiger partial charge is 0.469 e. The lowest BCUT2D eigenvalue weighted by molar-refractivity contribution is -0.276. The van der Waals surface area contributed by atoms with Crippen LogP contribution in [0.3, 0.4) is 0 Å². The van der Waals surface area contributed by atoms with E-state index in [0.29, 0.717) is 9.26 Å². The molecule has 0 aliphatic rings. The molecule has 4 nitrogen and oxygen atoms in total. The van der Waals surface area contributed by atoms with Crippen molar-refractivity contribution in [1.82, 2.24) is 4.98 Å². The Balaban J connectivity index is 3.10. The average Bonchev–Trinajstić information content (AvgIpc) is 2.22. The Labute approximate surface area is 115 Å². The molecule has 1 aromatic rings. The van der Waals surface area contributed by atoms with Crippen molar-refractivity contribution in [2.75, 3.05) is 7.11 Å². The van der Waals surface area contributed by atoms with Gasteiger partial charge < -0.3 is 9.47 Å². The topological polar surface area (TPSA) is 48.4 Å². The van der Waals surface area contributed by atoms with Crippen LogP contribution >= 0.6 is 22.6 Å². The number of alkyl halides is 3. The molecule has 0 bridgehead atoms. The molecule has 0 radical (unpaired) electrons. The molecule has 1 aromatic heterocycles. The van der Waals surface area contributed by atoms with Crippen molar-refractivity contribution in [2.45, 2.75) is 19.7 Å². The molecule has 0 atom stereocenters. The zero-order valence-corrected chi connectivity index (χ0v) is 11.6. The van der Waals surface area contributed by atoms with Crippen molar-refractivity contribution >= 4 is 28.6 Å². The predicted molar refractivity (Wildman–Crippen MR) is 64.1 cm³/mol. The summed E-state index contributed by atoms with van der Waals surface area (Å²) in [5, 5.41) is 0. The van der Waals surface area contributed by atoms with Crippen molar-refractivity contribution in [2.24, 2.45) is 0 Å². The highest BCUT2D eigenvalue weighted by Crippen LogP contribution is 2.27. The van der Waals surface area contributed by atoms with E-state index in [2.05, 4.69) is 14.5 Å². The van der Waals surface area contributed by atoms with Crippen molar-refractivity contribution in [3.63, 3.8) is 0 Å². The molecule has 0 saturated carbocycles. The van der Waals surface area contributed by atoms with Crippen LogP contribution in [0.25, 0.3) is 0 Å². The first-order valence-electron chi connectivity index (χ1n) is 4.71. The number of aromatic nitrogens is 1. The summed E-state index contributed by atoms with van der Waals surface area (Å²) in [6.45, 7) is 1.41. The Morgan fingerprint density at radius 3 is 2.61 bits per heavy atom. The zero-order chi connectivity index (χ0) is 13.9. The molecule has 8 heteroatoms. The summed E-state index contributed by atoms with van der Waals surface area (Å²) in [7, 11) is 1.21. The van der Waals surface area contributed by atoms with E-state index in [1.165, 1.54) is 20.1 Å². The molecule has 0 amide bonds. The first kappa shape index (κ1) is 15.0. The quantitative estimate of drug-likeness (QED) is 0.463. The van der Waals surface area contributed by atoms with Gasteiger partial charge >= 0.3 is 12.3 Å². The second kappa shape index (κ2) is 5.72. The lowest BCUT2D eigenvalue weighted by atomic mass is 10.1. The largest absolute Gasteiger partial charge is 0.574 e. The summed E-state index contributed by atoms with van der Waals surface area (Å²) >= 11 is 1.75. The van der Waals surface area contributed by atoms with Gasteiger partial charge in [0.1, 0.15) is 3.70 Å². The van der Waals surface area contributed by atoms with Gasteiger partial charge in [0.05, 0.1) is 13.5 Å². The highest BCUT2D eigenvalue weighted by atomic mass is 127. The molecule has 0 spiro atoms. The molecule has 100 valence electrons. The maximum atomic E-state index is 12.2. The third-order valence-electron chi connectivity index (χ3n) is 2.08. The van der Waals surface area contributed by atoms with Gasteiger partial charge in [0.25, 0.3) is 0 Å². The molecule has 0 saturated heterocycles. The number of halogens is 4. The van der Waals surface area contributed by atoms with Gasteiger partial charge in [-0.3, -0.25) is 4.79 Å². The second-order valence-corrected chi connectivity index (χ2v) is 4.44. The molecular weight excluding hydrogens is 366 g/mol. The van der Waals surface area contributed by atoms with Gasteiger partial charge in [0.2, 0.25) is 5.88 Å². The van der Waals surface area contributed by atoms with Crippen LogP contribution in [0.5, 0.6) is 5.88 Å². The molecule has 0 aliphatic heterocycles. The molecule has 0 N–H and O–H groups in total. The Morgan fingerprint density at radius 1 is 1.50 bits per heavy atom. The van der Waals surface area contributed by atoms with Crippen molar-refractivity contribution in [3.05, 3.63) is 20.9 Å². The number of pyridine rings is 1. The Morgan fingerprint density at radius 2 is 2.11 bits per heavy atom. The SMILES string of the molecule is COC(=O)Cc1cc(I)nc(OC(F)(F)F)c1C. The second-order valence-electron chi connectivity index (χ2n) is 3.33. The summed E-state index contributed by atoms with van der Waals surface area (Å²) in [5.74, 6) is -1.09. The van der Waals surface area contributed by atoms with Crippen molar-refractivity contribution < 1.29 is 27.4 Å². The van der Waals surface area contributed by atoms with Gasteiger partial charge in [0.15, 0.2) is 0 Å². The fraction of sp³-hybridized carbons (Fsp3) is 0.400. The van der Waals surface area contributed by atoms with Crippen LogP contribution in [0.1, 0.15) is 11.1 Å². The van der Waals surface area contributed by atoms with Crippen LogP contribution in [-0.4, -0.2) is 24.4 Å². The third-order valence-corrected chi connectivity index (χ3v) is 2.63. The molecule has 0 aliphatic carbocycles. The minimum Gasteiger partial charge on any atom is -0.469 e. The number of hydrogen-bond acceptors (Lipinski definition) is 4. The molecule has 1 heterocycles. The lowest BCUT2D eigenvalue weighted by Gasteiger charge is -2.13. The van der Waals surface area contributed by atoms with Gasteiger partial charge in [-0.25, -0.2) is 4.98 Å². The van der Waals surface area contributed by atoms with E-state index in [9.17, 15) is 18.0 Å². The molecule has 1 rings (SSSR count). The van der Waals surface area contributed by atoms with Gasteiger partial charge in [-0.2, -0.15) is 0 Å². The third kappa shape index (κ3) is 4.31. The van der Waals surface area contributed by atoms with Crippen LogP contribution in [0.2, 0.25) is 0 Å². The number of esters is 1. The van der Waals surface area contributed by atoms with E-state index in [1.54, 1.807) is 22.6 Å². The van der Waals surface area contributed by atoms with Crippen molar-refractivity contribution in [3.8, 4) is 5.88 Å². The molecule has 0 fully saturated rings. The number of rotatable bonds is 3. The summed E-state index contributed by atoms with van der Waals surface area (Å²) in [6, 6.07) is 1.51. The van der Waals surface area contributed by atoms with E-state index in [4.69, 9.17) is 0 Å². The predicted octanol–water partition coefficient (Wildman–Crippen LogP) is 2.61. The van der Waals surface area contributed by atoms with E-state index in [0.717, 1.165) is 0 Å². The highest BCUT2D eigenvalue weighted by molar-refractivity contribution is 14.1. The summed E-state index contributed by atoms with van der Waals surface area (Å²) < 4.78 is 45.0. The van der Waals surface area contributed by atoms with Crippen molar-refractivity contribution in [1.29, 1.82) is 0 Å². The summed E-state index contributed by atoms with van der Waals surface area (Å²) in [4.78, 5) is 14.8. The Bertz CT molecular complexity index is 462. The first-order valence-corrected chi connectivity index (χ1v) is 5.79. The van der Waals surface area contributed by atoms with Gasteiger partial charge in [-0.05, 0) is 41.1 Å². The first-order chi connectivity index (χ1) is 8.23. The summed E-state index contributed by atoms with van der Waals surface area (Å²) in [5.41, 5.74) is 0.554. The minimum atomic E-state index is -4.81. The van der Waals surface area contributed by atoms with E-state index in [-0.39, 0.29) is 12.0 Å². The monoisotopic (exact) mass is 375 g/mol. The normalized spacial score (nSPS) is 11.2. The summed E-state index contributed by atoms with van der Waals surface area (Å²) in [6.07, 6.45) is -4.94. The lowest BCUT2D eigenvalue weighted by Crippen LogP contribution is -2.19. The number of carbonyl (C=O) groups excluding carboxylic acids is 1. The Hall–Kier alpha value is -1.06. The van der Waals surface area contributed by atoms with Gasteiger partial charge in [-0.15, -0.1) is 13.2 Å². The minimum absolute atomic E-state index is 0.130. The van der Waals surface area contributed by atoms with E-state index in [1.807, 2.05) is 0 Å². The molecule has 0 unspecified atom stereocenters. The van der Waals surface area contributed by atoms with E-state index >= 15 is 0 Å². The van der Waals surface area contributed by atoms with Crippen LogP contribution in [0, 0.1) is 10.6 Å². The van der Waals surface area contributed by atoms with Crippen LogP contribution in [0.15, 0.2) is 6.07 Å². The standard InChI is InChI=1S/C10H9F3INO3/c1-5-6(4-8(16)17-2)3-7(14)15-9(5)18-10(11,12)13/h3H,4H2,1-2H3. The van der Waals surface area contributed by atoms with Gasteiger partial charge in [-0.1, -0.05) is 0 Å². The molecular formula is C10H9F3INO3. The molecule has 18 heavy (non-hydrogen) atoms. The van der Waals surface area contributed by atoms with Crippen LogP contribution < -0.4 is 4.74 Å².